The van der Waals surface area contributed by atoms with E-state index in [0.29, 0.717) is 5.69 Å². The van der Waals surface area contributed by atoms with Crippen molar-refractivity contribution >= 4 is 64.7 Å². The number of benzene rings is 1. The smallest absolute Gasteiger partial charge is 0.337 e. The molecule has 0 aliphatic heterocycles. The molecule has 0 spiro atoms. The predicted octanol–water partition coefficient (Wildman–Crippen LogP) is 4.30. The Balaban J connectivity index is 0.00000200. The van der Waals surface area contributed by atoms with Crippen molar-refractivity contribution in [2.45, 2.75) is 0 Å². The number of aromatic carboxylic acids is 1. The van der Waals surface area contributed by atoms with Crippen molar-refractivity contribution in [1.29, 1.82) is 0 Å². The van der Waals surface area contributed by atoms with Gasteiger partial charge in [-0.25, -0.2) is 9.78 Å². The summed E-state index contributed by atoms with van der Waals surface area (Å²) < 4.78 is 0. The van der Waals surface area contributed by atoms with Crippen LogP contribution in [0.1, 0.15) is 10.4 Å². The van der Waals surface area contributed by atoms with E-state index >= 15 is 0 Å². The molecule has 20 heavy (non-hydrogen) atoms. The van der Waals surface area contributed by atoms with Crippen molar-refractivity contribution in [2.75, 3.05) is 5.32 Å². The Morgan fingerprint density at radius 1 is 1.15 bits per heavy atom. The van der Waals surface area contributed by atoms with Gasteiger partial charge in [-0.2, -0.15) is 4.98 Å². The van der Waals surface area contributed by atoms with E-state index in [1.807, 2.05) is 0 Å². The molecule has 2 aromatic rings. The molecule has 2 N–H and O–H groups in total. The van der Waals surface area contributed by atoms with Crippen LogP contribution in [0.25, 0.3) is 0 Å². The zero-order valence-electron chi connectivity index (χ0n) is 9.60. The predicted molar refractivity (Wildman–Crippen MR) is 81.0 cm³/mol. The summed E-state index contributed by atoms with van der Waals surface area (Å²) in [6.45, 7) is 0. The Morgan fingerprint density at radius 2 is 1.80 bits per heavy atom. The number of rotatable bonds is 3. The fraction of sp³-hybridized carbons (Fsp3) is 0. The normalized spacial score (nSPS) is 9.75. The number of aromatic nitrogens is 2. The van der Waals surface area contributed by atoms with Crippen LogP contribution in [0, 0.1) is 0 Å². The summed E-state index contributed by atoms with van der Waals surface area (Å²) in [4.78, 5) is 18.6. The second-order valence-corrected chi connectivity index (χ2v) is 4.50. The zero-order chi connectivity index (χ0) is 14.0. The lowest BCUT2D eigenvalue weighted by Crippen LogP contribution is -2.04. The van der Waals surface area contributed by atoms with Crippen LogP contribution in [0.3, 0.4) is 0 Å². The van der Waals surface area contributed by atoms with Gasteiger partial charge in [0.25, 0.3) is 0 Å². The molecule has 0 saturated carbocycles. The van der Waals surface area contributed by atoms with Gasteiger partial charge in [0, 0.05) is 0 Å². The third kappa shape index (κ3) is 3.64. The molecule has 0 atom stereocenters. The van der Waals surface area contributed by atoms with E-state index in [9.17, 15) is 4.79 Å². The van der Waals surface area contributed by atoms with Crippen LogP contribution >= 0.6 is 47.2 Å². The fourth-order valence-electron chi connectivity index (χ4n) is 1.38. The van der Waals surface area contributed by atoms with Crippen LogP contribution in [0.5, 0.6) is 0 Å². The maximum absolute atomic E-state index is 11.1. The highest BCUT2D eigenvalue weighted by molar-refractivity contribution is 6.43. The molecule has 1 aromatic carbocycles. The highest BCUT2D eigenvalue weighted by Crippen LogP contribution is 2.31. The third-order valence-electron chi connectivity index (χ3n) is 2.19. The summed E-state index contributed by atoms with van der Waals surface area (Å²) >= 11 is 17.4. The van der Waals surface area contributed by atoms with Crippen molar-refractivity contribution < 1.29 is 9.90 Å². The van der Waals surface area contributed by atoms with Gasteiger partial charge in [-0.15, -0.1) is 12.4 Å². The van der Waals surface area contributed by atoms with Crippen LogP contribution < -0.4 is 5.32 Å². The first-order chi connectivity index (χ1) is 8.99. The lowest BCUT2D eigenvalue weighted by atomic mass is 10.2. The summed E-state index contributed by atoms with van der Waals surface area (Å²) in [6, 6.07) is 6.30. The molecule has 106 valence electrons. The monoisotopic (exact) mass is 353 g/mol. The van der Waals surface area contributed by atoms with Gasteiger partial charge < -0.3 is 10.4 Å². The minimum atomic E-state index is -1.08. The minimum absolute atomic E-state index is 0. The number of hydrogen-bond donors (Lipinski definition) is 2. The van der Waals surface area contributed by atoms with E-state index in [2.05, 4.69) is 15.3 Å². The first kappa shape index (κ1) is 16.8. The summed E-state index contributed by atoms with van der Waals surface area (Å²) in [5, 5.41) is 11.8. The van der Waals surface area contributed by atoms with Gasteiger partial charge in [-0.1, -0.05) is 35.3 Å². The zero-order valence-corrected chi connectivity index (χ0v) is 12.7. The molecular formula is C11H7Cl4N3O2. The highest BCUT2D eigenvalue weighted by atomic mass is 35.5. The molecule has 0 amide bonds. The summed E-state index contributed by atoms with van der Waals surface area (Å²) in [5.41, 5.74) is 0.396. The number of halogens is 4. The Bertz CT molecular complexity index is 652. The average Bonchev–Trinajstić information content (AvgIpc) is 2.35. The Labute approximate surface area is 135 Å². The highest BCUT2D eigenvalue weighted by Gasteiger charge is 2.14. The third-order valence-corrected chi connectivity index (χ3v) is 3.09. The van der Waals surface area contributed by atoms with E-state index in [0.717, 1.165) is 0 Å². The summed E-state index contributed by atoms with van der Waals surface area (Å²) in [7, 11) is 0. The number of carboxylic acids is 1. The van der Waals surface area contributed by atoms with Crippen molar-refractivity contribution in [3.8, 4) is 0 Å². The molecule has 0 radical (unpaired) electrons. The van der Waals surface area contributed by atoms with Gasteiger partial charge in [0.1, 0.15) is 5.02 Å². The second-order valence-electron chi connectivity index (χ2n) is 3.42. The lowest BCUT2D eigenvalue weighted by Gasteiger charge is -2.10. The number of carbonyl (C=O) groups is 1. The Morgan fingerprint density at radius 3 is 2.45 bits per heavy atom. The molecule has 2 rings (SSSR count). The second kappa shape index (κ2) is 6.95. The van der Waals surface area contributed by atoms with Crippen LogP contribution in [0.2, 0.25) is 15.5 Å². The van der Waals surface area contributed by atoms with Gasteiger partial charge in [-0.05, 0) is 23.7 Å². The van der Waals surface area contributed by atoms with Crippen molar-refractivity contribution in [2.24, 2.45) is 0 Å². The molecule has 0 aliphatic carbocycles. The number of hydrogen-bond acceptors (Lipinski definition) is 4. The number of nitrogens with zero attached hydrogens (tertiary/aromatic N) is 2. The first-order valence-electron chi connectivity index (χ1n) is 4.97. The number of nitrogens with one attached hydrogen (secondary N) is 1. The number of anilines is 2. The molecule has 1 heterocycles. The first-order valence-corrected chi connectivity index (χ1v) is 6.10. The average molecular weight is 355 g/mol. The molecule has 0 saturated heterocycles. The standard InChI is InChI=1S/C11H6Cl3N3O2.ClH/c12-7-8(13)16-11(14)17-9(7)15-6-4-2-1-3-5(6)10(18)19;/h1-4H,(H,18,19)(H,15,16,17);1H. The Kier molecular flexibility index (Phi) is 5.83. The van der Waals surface area contributed by atoms with Gasteiger partial charge in [-0.3, -0.25) is 0 Å². The molecule has 0 fully saturated rings. The largest absolute Gasteiger partial charge is 0.478 e. The molecule has 0 aliphatic rings. The van der Waals surface area contributed by atoms with Crippen LogP contribution in [0.4, 0.5) is 11.5 Å². The van der Waals surface area contributed by atoms with Crippen LogP contribution in [-0.4, -0.2) is 21.0 Å². The SMILES string of the molecule is Cl.O=C(O)c1ccccc1Nc1nc(Cl)nc(Cl)c1Cl. The van der Waals surface area contributed by atoms with E-state index < -0.39 is 5.97 Å². The van der Waals surface area contributed by atoms with E-state index in [1.165, 1.54) is 6.07 Å². The van der Waals surface area contributed by atoms with Gasteiger partial charge in [0.05, 0.1) is 11.3 Å². The van der Waals surface area contributed by atoms with Crippen molar-refractivity contribution in [3.05, 3.63) is 45.3 Å². The molecule has 1 aromatic heterocycles. The topological polar surface area (TPSA) is 75.1 Å². The lowest BCUT2D eigenvalue weighted by molar-refractivity contribution is 0.0698. The molecule has 0 unspecified atom stereocenters. The van der Waals surface area contributed by atoms with E-state index in [-0.39, 0.29) is 39.2 Å². The quantitative estimate of drug-likeness (QED) is 0.634. The van der Waals surface area contributed by atoms with Gasteiger partial charge in [0.15, 0.2) is 11.0 Å². The summed E-state index contributed by atoms with van der Waals surface area (Å²) in [5.74, 6) is -0.939. The summed E-state index contributed by atoms with van der Waals surface area (Å²) in [6.07, 6.45) is 0. The maximum Gasteiger partial charge on any atom is 0.337 e. The van der Waals surface area contributed by atoms with Crippen LogP contribution in [0.15, 0.2) is 24.3 Å². The van der Waals surface area contributed by atoms with Crippen molar-refractivity contribution in [3.63, 3.8) is 0 Å². The van der Waals surface area contributed by atoms with Gasteiger partial charge >= 0.3 is 5.97 Å². The van der Waals surface area contributed by atoms with E-state index in [4.69, 9.17) is 39.9 Å². The molecule has 5 nitrogen and oxygen atoms in total. The fourth-order valence-corrected chi connectivity index (χ4v) is 1.90. The van der Waals surface area contributed by atoms with Crippen molar-refractivity contribution in [1.82, 2.24) is 9.97 Å². The van der Waals surface area contributed by atoms with Gasteiger partial charge in [0.2, 0.25) is 5.28 Å². The minimum Gasteiger partial charge on any atom is -0.478 e. The van der Waals surface area contributed by atoms with E-state index in [1.54, 1.807) is 18.2 Å². The number of carboxylic acid groups (broad SMARTS) is 1. The molecule has 9 heteroatoms. The maximum atomic E-state index is 11.1. The Hall–Kier alpha value is -1.27. The van der Waals surface area contributed by atoms with Crippen LogP contribution in [-0.2, 0) is 0 Å². The molecular weight excluding hydrogens is 348 g/mol. The number of para-hydroxylation sites is 1. The molecule has 0 bridgehead atoms.